The lowest BCUT2D eigenvalue weighted by Gasteiger charge is -2.23. The Hall–Kier alpha value is -1.40. The number of rotatable bonds is 5. The first-order chi connectivity index (χ1) is 9.41. The number of carbonyl (C=O) groups excluding carboxylic acids is 1. The van der Waals surface area contributed by atoms with Gasteiger partial charge in [-0.3, -0.25) is 4.79 Å². The van der Waals surface area contributed by atoms with E-state index in [0.29, 0.717) is 17.9 Å². The molecule has 1 aliphatic heterocycles. The Kier molecular flexibility index (Phi) is 4.45. The first-order valence-corrected chi connectivity index (χ1v) is 8.22. The van der Waals surface area contributed by atoms with Crippen molar-refractivity contribution in [1.29, 1.82) is 0 Å². The van der Waals surface area contributed by atoms with Crippen LogP contribution in [0.1, 0.15) is 31.2 Å². The number of amides is 1. The highest BCUT2D eigenvalue weighted by Gasteiger charge is 2.34. The maximum Gasteiger partial charge on any atom is 0.243 e. The highest BCUT2D eigenvalue weighted by Crippen LogP contribution is 2.28. The van der Waals surface area contributed by atoms with Gasteiger partial charge in [-0.2, -0.15) is 4.31 Å². The molecule has 1 aromatic rings. The van der Waals surface area contributed by atoms with Gasteiger partial charge in [0.1, 0.15) is 0 Å². The molecule has 0 spiro atoms. The van der Waals surface area contributed by atoms with Gasteiger partial charge < -0.3 is 5.73 Å². The minimum Gasteiger partial charge on any atom is -0.370 e. The predicted molar refractivity (Wildman–Crippen MR) is 76.5 cm³/mol. The van der Waals surface area contributed by atoms with Crippen LogP contribution in [-0.4, -0.2) is 31.2 Å². The molecule has 0 aliphatic carbocycles. The second-order valence-electron chi connectivity index (χ2n) is 5.23. The highest BCUT2D eigenvalue weighted by atomic mass is 32.2. The van der Waals surface area contributed by atoms with Gasteiger partial charge in [0, 0.05) is 19.0 Å². The van der Waals surface area contributed by atoms with E-state index in [2.05, 4.69) is 0 Å². The quantitative estimate of drug-likeness (QED) is 0.892. The fourth-order valence-electron chi connectivity index (χ4n) is 2.57. The number of nitrogens with zero attached hydrogens (tertiary/aromatic N) is 1. The number of hydrogen-bond donors (Lipinski definition) is 1. The van der Waals surface area contributed by atoms with Crippen LogP contribution in [0.3, 0.4) is 0 Å². The standard InChI is InChI=1S/C14H20N2O3S/c1-11-4-7-13(8-5-11)20(18,19)16-10-2-3-12(16)6-9-14(15)17/h4-5,7-8,12H,2-3,6,9-10H2,1H3,(H2,15,17). The van der Waals surface area contributed by atoms with Crippen LogP contribution in [0.2, 0.25) is 0 Å². The number of carbonyl (C=O) groups is 1. The molecule has 110 valence electrons. The third-order valence-electron chi connectivity index (χ3n) is 3.67. The Balaban J connectivity index is 2.19. The smallest absolute Gasteiger partial charge is 0.243 e. The molecule has 0 bridgehead atoms. The normalized spacial score (nSPS) is 20.1. The van der Waals surface area contributed by atoms with E-state index in [4.69, 9.17) is 5.73 Å². The van der Waals surface area contributed by atoms with Crippen molar-refractivity contribution in [3.8, 4) is 0 Å². The molecular formula is C14H20N2O3S. The maximum absolute atomic E-state index is 12.6. The van der Waals surface area contributed by atoms with Crippen LogP contribution >= 0.6 is 0 Å². The van der Waals surface area contributed by atoms with Crippen molar-refractivity contribution < 1.29 is 13.2 Å². The lowest BCUT2D eigenvalue weighted by molar-refractivity contribution is -0.118. The van der Waals surface area contributed by atoms with Crippen LogP contribution in [0.25, 0.3) is 0 Å². The Labute approximate surface area is 119 Å². The third-order valence-corrected chi connectivity index (χ3v) is 5.64. The second kappa shape index (κ2) is 5.93. The van der Waals surface area contributed by atoms with Crippen LogP contribution in [0.5, 0.6) is 0 Å². The van der Waals surface area contributed by atoms with Crippen molar-refractivity contribution in [3.05, 3.63) is 29.8 Å². The minimum absolute atomic E-state index is 0.117. The summed E-state index contributed by atoms with van der Waals surface area (Å²) < 4.78 is 26.7. The van der Waals surface area contributed by atoms with E-state index in [1.807, 2.05) is 6.92 Å². The Morgan fingerprint density at radius 2 is 2.00 bits per heavy atom. The van der Waals surface area contributed by atoms with Gasteiger partial charge in [0.25, 0.3) is 0 Å². The zero-order chi connectivity index (χ0) is 14.8. The van der Waals surface area contributed by atoms with E-state index in [1.165, 1.54) is 4.31 Å². The van der Waals surface area contributed by atoms with E-state index in [-0.39, 0.29) is 18.4 Å². The van der Waals surface area contributed by atoms with Crippen LogP contribution in [0, 0.1) is 6.92 Å². The van der Waals surface area contributed by atoms with Crippen molar-refractivity contribution in [2.45, 2.75) is 43.5 Å². The Bertz CT molecular complexity index is 581. The molecule has 1 unspecified atom stereocenters. The summed E-state index contributed by atoms with van der Waals surface area (Å²) in [7, 11) is -3.47. The van der Waals surface area contributed by atoms with Gasteiger partial charge >= 0.3 is 0 Å². The van der Waals surface area contributed by atoms with Crippen molar-refractivity contribution in [1.82, 2.24) is 4.31 Å². The minimum atomic E-state index is -3.47. The molecular weight excluding hydrogens is 276 g/mol. The summed E-state index contributed by atoms with van der Waals surface area (Å²) in [5.74, 6) is -0.385. The Morgan fingerprint density at radius 1 is 1.35 bits per heavy atom. The molecule has 2 rings (SSSR count). The molecule has 1 heterocycles. The molecule has 1 atom stereocenters. The zero-order valence-electron chi connectivity index (χ0n) is 11.6. The SMILES string of the molecule is Cc1ccc(S(=O)(=O)N2CCCC2CCC(N)=O)cc1. The first kappa shape index (κ1) is 15.0. The molecule has 0 radical (unpaired) electrons. The maximum atomic E-state index is 12.6. The van der Waals surface area contributed by atoms with Crippen molar-refractivity contribution >= 4 is 15.9 Å². The van der Waals surface area contributed by atoms with Crippen LogP contribution < -0.4 is 5.73 Å². The summed E-state index contributed by atoms with van der Waals surface area (Å²) in [6, 6.07) is 6.74. The monoisotopic (exact) mass is 296 g/mol. The Morgan fingerprint density at radius 3 is 2.60 bits per heavy atom. The summed E-state index contributed by atoms with van der Waals surface area (Å²) in [4.78, 5) is 11.2. The molecule has 1 saturated heterocycles. The fraction of sp³-hybridized carbons (Fsp3) is 0.500. The van der Waals surface area contributed by atoms with Gasteiger partial charge in [-0.1, -0.05) is 17.7 Å². The summed E-state index contributed by atoms with van der Waals surface area (Å²) in [6.45, 7) is 2.43. The average Bonchev–Trinajstić information content (AvgIpc) is 2.86. The number of hydrogen-bond acceptors (Lipinski definition) is 3. The molecule has 1 fully saturated rings. The van der Waals surface area contributed by atoms with E-state index >= 15 is 0 Å². The van der Waals surface area contributed by atoms with Gasteiger partial charge in [-0.25, -0.2) is 8.42 Å². The molecule has 1 aliphatic rings. The number of aryl methyl sites for hydroxylation is 1. The zero-order valence-corrected chi connectivity index (χ0v) is 12.4. The predicted octanol–water partition coefficient (Wildman–Crippen LogP) is 1.41. The van der Waals surface area contributed by atoms with Gasteiger partial charge in [-0.05, 0) is 38.3 Å². The summed E-state index contributed by atoms with van der Waals surface area (Å²) in [6.07, 6.45) is 2.35. The average molecular weight is 296 g/mol. The number of primary amides is 1. The molecule has 0 saturated carbocycles. The second-order valence-corrected chi connectivity index (χ2v) is 7.12. The summed E-state index contributed by atoms with van der Waals surface area (Å²) in [5.41, 5.74) is 6.17. The third kappa shape index (κ3) is 3.19. The molecule has 0 aromatic heterocycles. The summed E-state index contributed by atoms with van der Waals surface area (Å²) >= 11 is 0. The molecule has 5 nitrogen and oxygen atoms in total. The van der Waals surface area contributed by atoms with E-state index in [1.54, 1.807) is 24.3 Å². The first-order valence-electron chi connectivity index (χ1n) is 6.78. The summed E-state index contributed by atoms with van der Waals surface area (Å²) in [5, 5.41) is 0. The molecule has 1 amide bonds. The van der Waals surface area contributed by atoms with E-state index in [0.717, 1.165) is 18.4 Å². The van der Waals surface area contributed by atoms with Crippen LogP contribution in [0.4, 0.5) is 0 Å². The van der Waals surface area contributed by atoms with Gasteiger partial charge in [0.05, 0.1) is 4.90 Å². The number of nitrogens with two attached hydrogens (primary N) is 1. The molecule has 2 N–H and O–H groups in total. The van der Waals surface area contributed by atoms with Gasteiger partial charge in [0.15, 0.2) is 0 Å². The lowest BCUT2D eigenvalue weighted by atomic mass is 10.1. The topological polar surface area (TPSA) is 80.5 Å². The van der Waals surface area contributed by atoms with E-state index in [9.17, 15) is 13.2 Å². The van der Waals surface area contributed by atoms with Crippen molar-refractivity contribution in [2.75, 3.05) is 6.54 Å². The lowest BCUT2D eigenvalue weighted by Crippen LogP contribution is -2.36. The largest absolute Gasteiger partial charge is 0.370 e. The molecule has 20 heavy (non-hydrogen) atoms. The number of sulfonamides is 1. The molecule has 6 heteroatoms. The van der Waals surface area contributed by atoms with Gasteiger partial charge in [0.2, 0.25) is 15.9 Å². The van der Waals surface area contributed by atoms with E-state index < -0.39 is 10.0 Å². The van der Waals surface area contributed by atoms with Crippen molar-refractivity contribution in [2.24, 2.45) is 5.73 Å². The van der Waals surface area contributed by atoms with Gasteiger partial charge in [-0.15, -0.1) is 0 Å². The molecule has 1 aromatic carbocycles. The van der Waals surface area contributed by atoms with Crippen LogP contribution in [0.15, 0.2) is 29.2 Å². The highest BCUT2D eigenvalue weighted by molar-refractivity contribution is 7.89. The fourth-order valence-corrected chi connectivity index (χ4v) is 4.29. The van der Waals surface area contributed by atoms with Crippen LogP contribution in [-0.2, 0) is 14.8 Å². The number of benzene rings is 1. The van der Waals surface area contributed by atoms with Crippen molar-refractivity contribution in [3.63, 3.8) is 0 Å².